The van der Waals surface area contributed by atoms with Gasteiger partial charge >= 0.3 is 6.03 Å². The van der Waals surface area contributed by atoms with Gasteiger partial charge in [-0.05, 0) is 18.2 Å². The van der Waals surface area contributed by atoms with Crippen LogP contribution >= 0.6 is 11.6 Å². The van der Waals surface area contributed by atoms with E-state index in [0.29, 0.717) is 54.2 Å². The van der Waals surface area contributed by atoms with Crippen LogP contribution in [0.3, 0.4) is 0 Å². The molecule has 0 saturated carbocycles. The molecule has 174 valence electrons. The molecule has 0 aliphatic carbocycles. The minimum absolute atomic E-state index is 0.00199. The van der Waals surface area contributed by atoms with Crippen LogP contribution in [0.2, 0.25) is 5.02 Å². The van der Waals surface area contributed by atoms with E-state index >= 15 is 0 Å². The molecular formula is C23H25ClFN5O3. The second kappa shape index (κ2) is 9.66. The van der Waals surface area contributed by atoms with Crippen LogP contribution < -0.4 is 14.8 Å². The van der Waals surface area contributed by atoms with E-state index in [1.165, 1.54) is 12.4 Å². The number of carbonyl (C=O) groups excluding carboxylic acids is 1. The van der Waals surface area contributed by atoms with Gasteiger partial charge in [0.15, 0.2) is 17.3 Å². The lowest BCUT2D eigenvalue weighted by Crippen LogP contribution is -2.46. The molecule has 0 radical (unpaired) electrons. The van der Waals surface area contributed by atoms with Gasteiger partial charge in [-0.25, -0.2) is 19.2 Å². The number of rotatable bonds is 5. The normalized spacial score (nSPS) is 14.3. The molecule has 2 heterocycles. The highest BCUT2D eigenvalue weighted by Gasteiger charge is 2.26. The zero-order chi connectivity index (χ0) is 23.5. The molecule has 33 heavy (non-hydrogen) atoms. The Morgan fingerprint density at radius 2 is 1.97 bits per heavy atom. The number of fused-ring (bicyclic) bond motifs is 1. The minimum atomic E-state index is -0.560. The molecule has 2 aromatic carbocycles. The van der Waals surface area contributed by atoms with Gasteiger partial charge in [0, 0.05) is 51.5 Å². The summed E-state index contributed by atoms with van der Waals surface area (Å²) in [7, 11) is 5.05. The molecular weight excluding hydrogens is 449 g/mol. The number of benzene rings is 2. The van der Waals surface area contributed by atoms with Gasteiger partial charge in [0.25, 0.3) is 0 Å². The van der Waals surface area contributed by atoms with E-state index in [0.717, 1.165) is 0 Å². The number of halogens is 2. The van der Waals surface area contributed by atoms with E-state index in [2.05, 4.69) is 15.3 Å². The van der Waals surface area contributed by atoms with Crippen LogP contribution in [-0.4, -0.2) is 66.2 Å². The predicted octanol–water partition coefficient (Wildman–Crippen LogP) is 4.70. The number of carbonyl (C=O) groups is 1. The van der Waals surface area contributed by atoms with Crippen LogP contribution in [0, 0.1) is 5.82 Å². The van der Waals surface area contributed by atoms with Gasteiger partial charge in [0.05, 0.1) is 23.3 Å². The Hall–Kier alpha value is -3.33. The molecule has 4 rings (SSSR count). The smallest absolute Gasteiger partial charge is 0.319 e. The van der Waals surface area contributed by atoms with Crippen molar-refractivity contribution in [2.24, 2.45) is 0 Å². The lowest BCUT2D eigenvalue weighted by atomic mass is 10.1. The zero-order valence-corrected chi connectivity index (χ0v) is 19.4. The number of ether oxygens (including phenoxy) is 2. The minimum Gasteiger partial charge on any atom is -0.493 e. The molecule has 0 bridgehead atoms. The van der Waals surface area contributed by atoms with Gasteiger partial charge in [-0.3, -0.25) is 0 Å². The van der Waals surface area contributed by atoms with Crippen molar-refractivity contribution in [3.63, 3.8) is 0 Å². The molecule has 0 atom stereocenters. The number of nitrogens with one attached hydrogen (secondary N) is 1. The standard InChI is InChI=1S/C23H25ClFN5O3/c1-29(2)23(31)30-9-7-14(8-10-30)33-20-11-15-18(12-19(20)32-3)26-13-27-22(15)28-17-6-4-5-16(24)21(17)25/h4-6,11-14H,7-10H2,1-3H3,(H,26,27,28). The number of likely N-dealkylation sites (tertiary alicyclic amines) is 1. The SMILES string of the molecule is COc1cc2ncnc(Nc3cccc(Cl)c3F)c2cc1OC1CCN(C(=O)N(C)C)CC1. The van der Waals surface area contributed by atoms with Gasteiger partial charge in [0.2, 0.25) is 0 Å². The third-order valence-corrected chi connectivity index (χ3v) is 5.81. The van der Waals surface area contributed by atoms with Crippen LogP contribution in [0.1, 0.15) is 12.8 Å². The number of urea groups is 1. The average Bonchev–Trinajstić information content (AvgIpc) is 2.82. The van der Waals surface area contributed by atoms with Crippen molar-refractivity contribution < 1.29 is 18.7 Å². The van der Waals surface area contributed by atoms with Crippen molar-refractivity contribution in [2.45, 2.75) is 18.9 Å². The van der Waals surface area contributed by atoms with Crippen LogP contribution in [0.5, 0.6) is 11.5 Å². The van der Waals surface area contributed by atoms with Crippen molar-refractivity contribution in [2.75, 3.05) is 39.6 Å². The van der Waals surface area contributed by atoms with Gasteiger partial charge < -0.3 is 24.6 Å². The number of hydrogen-bond acceptors (Lipinski definition) is 6. The fourth-order valence-corrected chi connectivity index (χ4v) is 3.95. The second-order valence-corrected chi connectivity index (χ2v) is 8.36. The van der Waals surface area contributed by atoms with Crippen LogP contribution in [0.4, 0.5) is 20.7 Å². The van der Waals surface area contributed by atoms with E-state index in [1.807, 2.05) is 4.90 Å². The molecule has 3 aromatic rings. The molecule has 10 heteroatoms. The van der Waals surface area contributed by atoms with E-state index in [-0.39, 0.29) is 22.8 Å². The quantitative estimate of drug-likeness (QED) is 0.578. The number of nitrogens with zero attached hydrogens (tertiary/aromatic N) is 4. The predicted molar refractivity (Wildman–Crippen MR) is 125 cm³/mol. The van der Waals surface area contributed by atoms with Gasteiger partial charge in [-0.2, -0.15) is 0 Å². The van der Waals surface area contributed by atoms with Crippen LogP contribution in [-0.2, 0) is 0 Å². The molecule has 1 aliphatic heterocycles. The fraction of sp³-hybridized carbons (Fsp3) is 0.348. The molecule has 0 unspecified atom stereocenters. The molecule has 1 N–H and O–H groups in total. The fourth-order valence-electron chi connectivity index (χ4n) is 3.77. The third kappa shape index (κ3) is 4.88. The third-order valence-electron chi connectivity index (χ3n) is 5.51. The Labute approximate surface area is 196 Å². The topological polar surface area (TPSA) is 79.8 Å². The van der Waals surface area contributed by atoms with Gasteiger partial charge in [-0.15, -0.1) is 0 Å². The molecule has 1 aliphatic rings. The maximum absolute atomic E-state index is 14.4. The largest absolute Gasteiger partial charge is 0.493 e. The Kier molecular flexibility index (Phi) is 6.69. The Morgan fingerprint density at radius 3 is 2.67 bits per heavy atom. The highest BCUT2D eigenvalue weighted by molar-refractivity contribution is 6.31. The van der Waals surface area contributed by atoms with E-state index in [1.54, 1.807) is 50.4 Å². The number of anilines is 2. The van der Waals surface area contributed by atoms with Gasteiger partial charge in [0.1, 0.15) is 18.2 Å². The summed E-state index contributed by atoms with van der Waals surface area (Å²) in [4.78, 5) is 24.2. The number of piperidine rings is 1. The first-order valence-corrected chi connectivity index (χ1v) is 10.9. The lowest BCUT2D eigenvalue weighted by molar-refractivity contribution is 0.0992. The molecule has 1 fully saturated rings. The molecule has 1 saturated heterocycles. The summed E-state index contributed by atoms with van der Waals surface area (Å²) < 4.78 is 26.2. The second-order valence-electron chi connectivity index (χ2n) is 7.95. The van der Waals surface area contributed by atoms with Crippen molar-refractivity contribution in [3.8, 4) is 11.5 Å². The number of aromatic nitrogens is 2. The highest BCUT2D eigenvalue weighted by Crippen LogP contribution is 2.36. The monoisotopic (exact) mass is 473 g/mol. The number of amides is 2. The van der Waals surface area contributed by atoms with E-state index < -0.39 is 5.82 Å². The van der Waals surface area contributed by atoms with Crippen molar-refractivity contribution in [1.29, 1.82) is 0 Å². The molecule has 8 nitrogen and oxygen atoms in total. The molecule has 2 amide bonds. The van der Waals surface area contributed by atoms with Crippen LogP contribution in [0.25, 0.3) is 10.9 Å². The first-order valence-electron chi connectivity index (χ1n) is 10.5. The summed E-state index contributed by atoms with van der Waals surface area (Å²) in [5.41, 5.74) is 0.823. The average molecular weight is 474 g/mol. The summed E-state index contributed by atoms with van der Waals surface area (Å²) in [6.45, 7) is 1.23. The summed E-state index contributed by atoms with van der Waals surface area (Å²) in [6.07, 6.45) is 2.72. The molecule has 1 aromatic heterocycles. The van der Waals surface area contributed by atoms with E-state index in [4.69, 9.17) is 21.1 Å². The number of methoxy groups -OCH3 is 1. The highest BCUT2D eigenvalue weighted by atomic mass is 35.5. The first kappa shape index (κ1) is 22.8. The Morgan fingerprint density at radius 1 is 1.21 bits per heavy atom. The van der Waals surface area contributed by atoms with Crippen LogP contribution in [0.15, 0.2) is 36.7 Å². The maximum Gasteiger partial charge on any atom is 0.319 e. The van der Waals surface area contributed by atoms with Crippen molar-refractivity contribution >= 4 is 40.0 Å². The Balaban J connectivity index is 1.59. The Bertz CT molecular complexity index is 1170. The zero-order valence-electron chi connectivity index (χ0n) is 18.6. The number of hydrogen-bond donors (Lipinski definition) is 1. The molecule has 0 spiro atoms. The lowest BCUT2D eigenvalue weighted by Gasteiger charge is -2.33. The summed E-state index contributed by atoms with van der Waals surface area (Å²) in [5, 5.41) is 3.66. The summed E-state index contributed by atoms with van der Waals surface area (Å²) >= 11 is 5.91. The summed E-state index contributed by atoms with van der Waals surface area (Å²) in [6, 6.07) is 8.26. The van der Waals surface area contributed by atoms with Gasteiger partial charge in [-0.1, -0.05) is 17.7 Å². The van der Waals surface area contributed by atoms with Crippen molar-refractivity contribution in [3.05, 3.63) is 47.5 Å². The van der Waals surface area contributed by atoms with Crippen molar-refractivity contribution in [1.82, 2.24) is 19.8 Å². The summed E-state index contributed by atoms with van der Waals surface area (Å²) in [5.74, 6) is 0.926. The van der Waals surface area contributed by atoms with E-state index in [9.17, 15) is 9.18 Å². The first-order chi connectivity index (χ1) is 15.9. The maximum atomic E-state index is 14.4.